The van der Waals surface area contributed by atoms with Gasteiger partial charge in [0.1, 0.15) is 0 Å². The predicted octanol–water partition coefficient (Wildman–Crippen LogP) is 0.0418. The lowest BCUT2D eigenvalue weighted by molar-refractivity contribution is -0.116. The quantitative estimate of drug-likeness (QED) is 0.730. The van der Waals surface area contributed by atoms with Crippen molar-refractivity contribution >= 4 is 11.9 Å². The molecular weight excluding hydrogens is 224 g/mol. The number of ether oxygens (including phenoxy) is 2. The van der Waals surface area contributed by atoms with Crippen LogP contribution in [0.15, 0.2) is 6.07 Å². The number of nitrogens with zero attached hydrogens (tertiary/aromatic N) is 2. The first kappa shape index (κ1) is 13.2. The molecule has 1 aromatic heterocycles. The monoisotopic (exact) mass is 240 g/mol. The minimum atomic E-state index is -0.172. The van der Waals surface area contributed by atoms with E-state index in [4.69, 9.17) is 9.47 Å². The average Bonchev–Trinajstić information content (AvgIpc) is 2.35. The van der Waals surface area contributed by atoms with E-state index in [1.165, 1.54) is 20.3 Å². The van der Waals surface area contributed by atoms with E-state index in [0.717, 1.165) is 0 Å². The van der Waals surface area contributed by atoms with Gasteiger partial charge in [0, 0.05) is 13.0 Å². The number of methoxy groups -OCH3 is 2. The first-order valence-corrected chi connectivity index (χ1v) is 5.11. The predicted molar refractivity (Wildman–Crippen MR) is 62.3 cm³/mol. The molecule has 0 spiro atoms. The average molecular weight is 240 g/mol. The molecule has 0 saturated heterocycles. The van der Waals surface area contributed by atoms with E-state index in [-0.39, 0.29) is 11.9 Å². The highest BCUT2D eigenvalue weighted by atomic mass is 16.5. The number of rotatable bonds is 6. The molecule has 0 atom stereocenters. The van der Waals surface area contributed by atoms with E-state index in [0.29, 0.717) is 24.7 Å². The number of hydrogen-bond donors (Lipinski definition) is 2. The molecule has 0 radical (unpaired) electrons. The first-order valence-electron chi connectivity index (χ1n) is 5.11. The lowest BCUT2D eigenvalue weighted by Crippen LogP contribution is -2.20. The topological polar surface area (TPSA) is 85.4 Å². The minimum Gasteiger partial charge on any atom is -0.481 e. The molecule has 0 aliphatic carbocycles. The Morgan fingerprint density at radius 3 is 2.35 bits per heavy atom. The molecule has 1 aromatic rings. The van der Waals surface area contributed by atoms with Crippen LogP contribution in [-0.4, -0.2) is 43.7 Å². The van der Waals surface area contributed by atoms with Gasteiger partial charge in [-0.1, -0.05) is 0 Å². The molecule has 2 N–H and O–H groups in total. The van der Waals surface area contributed by atoms with Crippen LogP contribution in [0.3, 0.4) is 0 Å². The van der Waals surface area contributed by atoms with Gasteiger partial charge in [-0.3, -0.25) is 10.1 Å². The Balaban J connectivity index is 2.72. The van der Waals surface area contributed by atoms with Crippen molar-refractivity contribution in [3.8, 4) is 11.8 Å². The van der Waals surface area contributed by atoms with E-state index < -0.39 is 0 Å². The van der Waals surface area contributed by atoms with Crippen molar-refractivity contribution in [1.29, 1.82) is 0 Å². The maximum absolute atomic E-state index is 11.5. The summed E-state index contributed by atoms with van der Waals surface area (Å²) in [5, 5.41) is 5.44. The second kappa shape index (κ2) is 6.64. The van der Waals surface area contributed by atoms with Crippen molar-refractivity contribution in [3.05, 3.63) is 6.07 Å². The van der Waals surface area contributed by atoms with Gasteiger partial charge in [-0.25, -0.2) is 0 Å². The third kappa shape index (κ3) is 4.23. The fourth-order valence-corrected chi connectivity index (χ4v) is 1.09. The summed E-state index contributed by atoms with van der Waals surface area (Å²) in [5.74, 6) is 0.665. The molecule has 7 nitrogen and oxygen atoms in total. The summed E-state index contributed by atoms with van der Waals surface area (Å²) in [4.78, 5) is 19.4. The molecule has 17 heavy (non-hydrogen) atoms. The highest BCUT2D eigenvalue weighted by Crippen LogP contribution is 2.17. The number of anilines is 1. The van der Waals surface area contributed by atoms with Crippen molar-refractivity contribution in [1.82, 2.24) is 15.3 Å². The summed E-state index contributed by atoms with van der Waals surface area (Å²) in [7, 11) is 4.74. The number of carbonyl (C=O) groups is 1. The third-order valence-corrected chi connectivity index (χ3v) is 1.95. The Morgan fingerprint density at radius 2 is 1.88 bits per heavy atom. The van der Waals surface area contributed by atoms with Crippen LogP contribution in [0.2, 0.25) is 0 Å². The second-order valence-corrected chi connectivity index (χ2v) is 3.18. The van der Waals surface area contributed by atoms with Crippen molar-refractivity contribution in [2.75, 3.05) is 33.1 Å². The Morgan fingerprint density at radius 1 is 1.29 bits per heavy atom. The molecule has 0 aliphatic heterocycles. The van der Waals surface area contributed by atoms with Crippen LogP contribution in [0.1, 0.15) is 6.42 Å². The van der Waals surface area contributed by atoms with Gasteiger partial charge in [-0.15, -0.1) is 0 Å². The number of amides is 1. The van der Waals surface area contributed by atoms with Gasteiger partial charge in [-0.2, -0.15) is 9.97 Å². The Kier molecular flexibility index (Phi) is 5.15. The highest BCUT2D eigenvalue weighted by Gasteiger charge is 2.08. The van der Waals surface area contributed by atoms with E-state index in [2.05, 4.69) is 20.6 Å². The van der Waals surface area contributed by atoms with Crippen LogP contribution in [0.5, 0.6) is 11.8 Å². The first-order chi connectivity index (χ1) is 8.19. The SMILES string of the molecule is CNCCC(=O)Nc1nc(OC)cc(OC)n1. The number of aromatic nitrogens is 2. The zero-order valence-electron chi connectivity index (χ0n) is 10.1. The summed E-state index contributed by atoms with van der Waals surface area (Å²) in [6.45, 7) is 0.590. The van der Waals surface area contributed by atoms with Gasteiger partial charge < -0.3 is 14.8 Å². The van der Waals surface area contributed by atoms with Crippen molar-refractivity contribution in [2.24, 2.45) is 0 Å². The van der Waals surface area contributed by atoms with Crippen LogP contribution in [-0.2, 0) is 4.79 Å². The molecule has 0 aliphatic rings. The standard InChI is InChI=1S/C10H16N4O3/c1-11-5-4-7(15)12-10-13-8(16-2)6-9(14-10)17-3/h6,11H,4-5H2,1-3H3,(H,12,13,14,15). The zero-order chi connectivity index (χ0) is 12.7. The molecule has 0 unspecified atom stereocenters. The number of hydrogen-bond acceptors (Lipinski definition) is 6. The molecule has 0 bridgehead atoms. The van der Waals surface area contributed by atoms with Gasteiger partial charge in [0.25, 0.3) is 0 Å². The molecule has 0 saturated carbocycles. The van der Waals surface area contributed by atoms with Crippen molar-refractivity contribution < 1.29 is 14.3 Å². The molecular formula is C10H16N4O3. The Hall–Kier alpha value is -1.89. The molecule has 0 aromatic carbocycles. The van der Waals surface area contributed by atoms with Crippen LogP contribution >= 0.6 is 0 Å². The number of carbonyl (C=O) groups excluding carboxylic acids is 1. The molecule has 7 heteroatoms. The summed E-state index contributed by atoms with van der Waals surface area (Å²) in [6.07, 6.45) is 0.347. The molecule has 1 heterocycles. The van der Waals surface area contributed by atoms with Crippen LogP contribution in [0.4, 0.5) is 5.95 Å². The largest absolute Gasteiger partial charge is 0.481 e. The van der Waals surface area contributed by atoms with Gasteiger partial charge in [0.05, 0.1) is 20.3 Å². The fraction of sp³-hybridized carbons (Fsp3) is 0.500. The Bertz CT molecular complexity index is 362. The van der Waals surface area contributed by atoms with Gasteiger partial charge in [0.2, 0.25) is 23.6 Å². The lowest BCUT2D eigenvalue weighted by Gasteiger charge is -2.07. The summed E-state index contributed by atoms with van der Waals surface area (Å²) in [6, 6.07) is 1.53. The molecule has 1 amide bonds. The second-order valence-electron chi connectivity index (χ2n) is 3.18. The zero-order valence-corrected chi connectivity index (χ0v) is 10.1. The van der Waals surface area contributed by atoms with Crippen molar-refractivity contribution in [2.45, 2.75) is 6.42 Å². The van der Waals surface area contributed by atoms with Gasteiger partial charge in [-0.05, 0) is 7.05 Å². The van der Waals surface area contributed by atoms with E-state index in [1.54, 1.807) is 7.05 Å². The van der Waals surface area contributed by atoms with Crippen LogP contribution in [0.25, 0.3) is 0 Å². The van der Waals surface area contributed by atoms with Crippen LogP contribution in [0, 0.1) is 0 Å². The van der Waals surface area contributed by atoms with E-state index in [1.807, 2.05) is 0 Å². The normalized spacial score (nSPS) is 9.82. The summed E-state index contributed by atoms with van der Waals surface area (Å²) >= 11 is 0. The van der Waals surface area contributed by atoms with Crippen LogP contribution < -0.4 is 20.1 Å². The molecule has 94 valence electrons. The van der Waals surface area contributed by atoms with Gasteiger partial charge >= 0.3 is 0 Å². The van der Waals surface area contributed by atoms with E-state index in [9.17, 15) is 4.79 Å². The van der Waals surface area contributed by atoms with E-state index >= 15 is 0 Å². The fourth-order valence-electron chi connectivity index (χ4n) is 1.09. The highest BCUT2D eigenvalue weighted by molar-refractivity contribution is 5.89. The maximum atomic E-state index is 11.5. The maximum Gasteiger partial charge on any atom is 0.236 e. The van der Waals surface area contributed by atoms with Crippen molar-refractivity contribution in [3.63, 3.8) is 0 Å². The van der Waals surface area contributed by atoms with Gasteiger partial charge in [0.15, 0.2) is 0 Å². The minimum absolute atomic E-state index is 0.169. The summed E-state index contributed by atoms with van der Waals surface area (Å²) < 4.78 is 9.93. The smallest absolute Gasteiger partial charge is 0.236 e. The molecule has 0 fully saturated rings. The third-order valence-electron chi connectivity index (χ3n) is 1.95. The number of nitrogens with one attached hydrogen (secondary N) is 2. The summed E-state index contributed by atoms with van der Waals surface area (Å²) in [5.41, 5.74) is 0. The molecule has 1 rings (SSSR count). The lowest BCUT2D eigenvalue weighted by atomic mass is 10.4. The Labute approximate surface area is 99.5 Å².